The number of aromatic nitrogens is 2. The lowest BCUT2D eigenvalue weighted by atomic mass is 10.3. The first-order valence-electron chi connectivity index (χ1n) is 8.96. The fourth-order valence-corrected chi connectivity index (χ4v) is 5.74. The van der Waals surface area contributed by atoms with Crippen LogP contribution in [0, 0.1) is 0 Å². The minimum atomic E-state index is -4.00. The lowest BCUT2D eigenvalue weighted by Gasteiger charge is -2.24. The van der Waals surface area contributed by atoms with Crippen LogP contribution in [0.15, 0.2) is 68.3 Å². The molecule has 0 saturated carbocycles. The Morgan fingerprint density at radius 1 is 1.12 bits per heavy atom. The first-order valence-corrected chi connectivity index (χ1v) is 13.0. The largest absolute Gasteiger partial charge is 0.468 e. The van der Waals surface area contributed by atoms with Gasteiger partial charge in [-0.25, -0.2) is 8.42 Å². The van der Waals surface area contributed by atoms with E-state index in [4.69, 9.17) is 0 Å². The molecule has 0 radical (unpaired) electrons. The molecule has 1 aromatic heterocycles. The molecular formula is C19H17BrN4O5S3. The van der Waals surface area contributed by atoms with Gasteiger partial charge in [0.15, 0.2) is 4.34 Å². The third-order valence-corrected chi connectivity index (χ3v) is 8.19. The molecule has 9 nitrogen and oxygen atoms in total. The first-order chi connectivity index (χ1) is 15.3. The molecule has 1 amide bonds. The van der Waals surface area contributed by atoms with Crippen LogP contribution < -0.4 is 9.62 Å². The maximum atomic E-state index is 13.2. The van der Waals surface area contributed by atoms with Gasteiger partial charge in [0.1, 0.15) is 6.54 Å². The number of sulfonamides is 1. The Kier molecular flexibility index (Phi) is 8.23. The Morgan fingerprint density at radius 3 is 2.47 bits per heavy atom. The number of anilines is 2. The van der Waals surface area contributed by atoms with Gasteiger partial charge in [-0.2, -0.15) is 0 Å². The van der Waals surface area contributed by atoms with Crippen molar-refractivity contribution in [2.75, 3.05) is 29.0 Å². The van der Waals surface area contributed by atoms with Crippen molar-refractivity contribution in [1.29, 1.82) is 0 Å². The Balaban J connectivity index is 1.78. The van der Waals surface area contributed by atoms with Gasteiger partial charge in [-0.05, 0) is 36.4 Å². The summed E-state index contributed by atoms with van der Waals surface area (Å²) >= 11 is 5.51. The van der Waals surface area contributed by atoms with Crippen LogP contribution in [-0.4, -0.2) is 49.9 Å². The van der Waals surface area contributed by atoms with E-state index in [1.807, 2.05) is 0 Å². The molecule has 2 aromatic carbocycles. The number of hydrogen-bond acceptors (Lipinski definition) is 9. The first kappa shape index (κ1) is 24.2. The number of amides is 1. The highest BCUT2D eigenvalue weighted by atomic mass is 79.9. The molecule has 0 aliphatic carbocycles. The molecule has 1 heterocycles. The number of rotatable bonds is 9. The van der Waals surface area contributed by atoms with Crippen molar-refractivity contribution in [2.45, 2.75) is 9.24 Å². The average Bonchev–Trinajstić information content (AvgIpc) is 3.24. The van der Waals surface area contributed by atoms with E-state index in [9.17, 15) is 18.0 Å². The van der Waals surface area contributed by atoms with E-state index in [1.54, 1.807) is 42.5 Å². The van der Waals surface area contributed by atoms with Crippen LogP contribution >= 0.6 is 39.0 Å². The smallest absolute Gasteiger partial charge is 0.316 e. The van der Waals surface area contributed by atoms with Crippen molar-refractivity contribution in [3.63, 3.8) is 0 Å². The van der Waals surface area contributed by atoms with Crippen LogP contribution in [0.2, 0.25) is 0 Å². The molecule has 0 atom stereocenters. The van der Waals surface area contributed by atoms with Crippen molar-refractivity contribution >= 4 is 71.7 Å². The molecule has 1 N–H and O–H groups in total. The summed E-state index contributed by atoms with van der Waals surface area (Å²) in [5.41, 5.74) is 0.332. The molecule has 3 aromatic rings. The highest BCUT2D eigenvalue weighted by molar-refractivity contribution is 9.10. The number of hydrogen-bond donors (Lipinski definition) is 1. The summed E-state index contributed by atoms with van der Waals surface area (Å²) in [6, 6.07) is 14.5. The van der Waals surface area contributed by atoms with E-state index in [0.717, 1.165) is 31.9 Å². The standard InChI is InChI=1S/C19H17BrN4O5S3/c1-29-17(26)12-30-19-23-22-18(31-19)21-16(25)11-24(14-9-7-13(20)8-10-14)32(27,28)15-5-3-2-4-6-15/h2-10H,11-12H2,1H3,(H,21,22,25). The van der Waals surface area contributed by atoms with Crippen LogP contribution in [0.25, 0.3) is 0 Å². The van der Waals surface area contributed by atoms with Crippen LogP contribution in [0.4, 0.5) is 10.8 Å². The van der Waals surface area contributed by atoms with Gasteiger partial charge < -0.3 is 4.74 Å². The van der Waals surface area contributed by atoms with Gasteiger partial charge in [0, 0.05) is 4.47 Å². The molecule has 3 rings (SSSR count). The quantitative estimate of drug-likeness (QED) is 0.242. The van der Waals surface area contributed by atoms with Crippen LogP contribution in [0.1, 0.15) is 0 Å². The van der Waals surface area contributed by atoms with Gasteiger partial charge in [0.25, 0.3) is 10.0 Å². The Hall–Kier alpha value is -2.48. The summed E-state index contributed by atoms with van der Waals surface area (Å²) in [5, 5.41) is 10.5. The minimum absolute atomic E-state index is 0.0613. The number of methoxy groups -OCH3 is 1. The number of carbonyl (C=O) groups excluding carboxylic acids is 2. The zero-order valence-electron chi connectivity index (χ0n) is 16.6. The SMILES string of the molecule is COC(=O)CSc1nnc(NC(=O)CN(c2ccc(Br)cc2)S(=O)(=O)c2ccccc2)s1. The van der Waals surface area contributed by atoms with Crippen LogP contribution in [0.5, 0.6) is 0 Å². The Morgan fingerprint density at radius 2 is 1.81 bits per heavy atom. The number of nitrogens with zero attached hydrogens (tertiary/aromatic N) is 3. The fraction of sp³-hybridized carbons (Fsp3) is 0.158. The van der Waals surface area contributed by atoms with Crippen molar-refractivity contribution in [3.05, 3.63) is 59.1 Å². The fourth-order valence-electron chi connectivity index (χ4n) is 2.43. The normalized spacial score (nSPS) is 11.1. The molecule has 0 aliphatic heterocycles. The average molecular weight is 557 g/mol. The van der Waals surface area contributed by atoms with E-state index in [-0.39, 0.29) is 15.8 Å². The van der Waals surface area contributed by atoms with Gasteiger partial charge in [0.05, 0.1) is 23.4 Å². The maximum Gasteiger partial charge on any atom is 0.316 e. The minimum Gasteiger partial charge on any atom is -0.468 e. The monoisotopic (exact) mass is 556 g/mol. The summed E-state index contributed by atoms with van der Waals surface area (Å²) in [6.07, 6.45) is 0. The van der Waals surface area contributed by atoms with Crippen molar-refractivity contribution in [3.8, 4) is 0 Å². The van der Waals surface area contributed by atoms with Crippen molar-refractivity contribution < 1.29 is 22.7 Å². The number of halogens is 1. The van der Waals surface area contributed by atoms with Crippen LogP contribution in [0.3, 0.4) is 0 Å². The van der Waals surface area contributed by atoms with Crippen LogP contribution in [-0.2, 0) is 24.3 Å². The summed E-state index contributed by atoms with van der Waals surface area (Å²) in [4.78, 5) is 24.0. The highest BCUT2D eigenvalue weighted by Crippen LogP contribution is 2.27. The van der Waals surface area contributed by atoms with E-state index >= 15 is 0 Å². The molecule has 0 saturated heterocycles. The molecule has 0 spiro atoms. The zero-order valence-corrected chi connectivity index (χ0v) is 20.6. The Labute approximate surface area is 201 Å². The predicted octanol–water partition coefficient (Wildman–Crippen LogP) is 3.40. The summed E-state index contributed by atoms with van der Waals surface area (Å²) in [5.74, 6) is -0.939. The number of thioether (sulfide) groups is 1. The Bertz CT molecular complexity index is 1190. The van der Waals surface area contributed by atoms with Gasteiger partial charge in [-0.15, -0.1) is 10.2 Å². The third-order valence-electron chi connectivity index (χ3n) is 3.93. The second kappa shape index (κ2) is 10.9. The zero-order chi connectivity index (χ0) is 23.1. The van der Waals surface area contributed by atoms with Crippen molar-refractivity contribution in [2.24, 2.45) is 0 Å². The second-order valence-corrected chi connectivity index (χ2v) is 11.1. The third kappa shape index (κ3) is 6.28. The van der Waals surface area contributed by atoms with E-state index in [0.29, 0.717) is 10.0 Å². The van der Waals surface area contributed by atoms with E-state index in [2.05, 4.69) is 36.2 Å². The van der Waals surface area contributed by atoms with Gasteiger partial charge in [-0.3, -0.25) is 19.2 Å². The number of benzene rings is 2. The summed E-state index contributed by atoms with van der Waals surface area (Å²) < 4.78 is 33.3. The van der Waals surface area contributed by atoms with E-state index in [1.165, 1.54) is 19.2 Å². The molecule has 0 unspecified atom stereocenters. The molecule has 13 heteroatoms. The van der Waals surface area contributed by atoms with Crippen molar-refractivity contribution in [1.82, 2.24) is 10.2 Å². The second-order valence-electron chi connectivity index (χ2n) is 6.09. The molecule has 168 valence electrons. The summed E-state index contributed by atoms with van der Waals surface area (Å²) in [6.45, 7) is -0.469. The predicted molar refractivity (Wildman–Crippen MR) is 126 cm³/mol. The highest BCUT2D eigenvalue weighted by Gasteiger charge is 2.27. The van der Waals surface area contributed by atoms with Gasteiger partial charge >= 0.3 is 5.97 Å². The number of ether oxygens (including phenoxy) is 1. The van der Waals surface area contributed by atoms with Gasteiger partial charge in [-0.1, -0.05) is 57.2 Å². The topological polar surface area (TPSA) is 119 Å². The maximum absolute atomic E-state index is 13.2. The molecular weight excluding hydrogens is 540 g/mol. The number of nitrogens with one attached hydrogen (secondary N) is 1. The molecule has 0 fully saturated rings. The molecule has 32 heavy (non-hydrogen) atoms. The lowest BCUT2D eigenvalue weighted by molar-refractivity contribution is -0.137. The van der Waals surface area contributed by atoms with E-state index < -0.39 is 28.4 Å². The number of carbonyl (C=O) groups is 2. The molecule has 0 aliphatic rings. The summed E-state index contributed by atoms with van der Waals surface area (Å²) in [7, 11) is -2.71. The molecule has 0 bridgehead atoms. The number of esters is 1. The lowest BCUT2D eigenvalue weighted by Crippen LogP contribution is -2.38. The van der Waals surface area contributed by atoms with Gasteiger partial charge in [0.2, 0.25) is 11.0 Å².